The van der Waals surface area contributed by atoms with E-state index in [-0.39, 0.29) is 5.91 Å². The summed E-state index contributed by atoms with van der Waals surface area (Å²) in [6.45, 7) is 0.803. The highest BCUT2D eigenvalue weighted by molar-refractivity contribution is 7.10. The van der Waals surface area contributed by atoms with Gasteiger partial charge in [0.05, 0.1) is 5.56 Å². The standard InChI is InChI=1S/C16H20N2OS2/c17-16(19)12-8-13(21-10-12)9-18-15(11-4-1-2-5-11)14-6-3-7-20-14/h3,6-8,10-11,15,18H,1-2,4-5,9H2,(H2,17,19). The number of hydrogen-bond acceptors (Lipinski definition) is 4. The Hall–Kier alpha value is -1.17. The van der Waals surface area contributed by atoms with Gasteiger partial charge in [-0.15, -0.1) is 22.7 Å². The van der Waals surface area contributed by atoms with E-state index >= 15 is 0 Å². The van der Waals surface area contributed by atoms with Crippen LogP contribution in [0, 0.1) is 5.92 Å². The van der Waals surface area contributed by atoms with E-state index in [9.17, 15) is 4.79 Å². The van der Waals surface area contributed by atoms with Crippen molar-refractivity contribution in [2.45, 2.75) is 38.3 Å². The maximum absolute atomic E-state index is 11.2. The summed E-state index contributed by atoms with van der Waals surface area (Å²) in [4.78, 5) is 13.8. The summed E-state index contributed by atoms with van der Waals surface area (Å²) in [5.74, 6) is 0.391. The molecule has 1 atom stereocenters. The number of carbonyl (C=O) groups is 1. The number of nitrogens with one attached hydrogen (secondary N) is 1. The Morgan fingerprint density at radius 1 is 1.38 bits per heavy atom. The lowest BCUT2D eigenvalue weighted by molar-refractivity contribution is 0.100. The van der Waals surface area contributed by atoms with E-state index in [4.69, 9.17) is 5.73 Å². The van der Waals surface area contributed by atoms with Gasteiger partial charge in [0.25, 0.3) is 0 Å². The summed E-state index contributed by atoms with van der Waals surface area (Å²) >= 11 is 3.43. The average molecular weight is 320 g/mol. The quantitative estimate of drug-likeness (QED) is 0.847. The molecule has 2 aromatic heterocycles. The summed E-state index contributed by atoms with van der Waals surface area (Å²) in [6, 6.07) is 6.69. The van der Waals surface area contributed by atoms with Crippen LogP contribution in [-0.2, 0) is 6.54 Å². The van der Waals surface area contributed by atoms with Gasteiger partial charge < -0.3 is 11.1 Å². The molecule has 1 unspecified atom stereocenters. The molecule has 0 saturated heterocycles. The number of thiophene rings is 2. The van der Waals surface area contributed by atoms with Crippen LogP contribution >= 0.6 is 22.7 Å². The molecule has 5 heteroatoms. The van der Waals surface area contributed by atoms with Gasteiger partial charge in [-0.3, -0.25) is 4.79 Å². The fourth-order valence-electron chi connectivity index (χ4n) is 3.07. The zero-order chi connectivity index (χ0) is 14.7. The van der Waals surface area contributed by atoms with Crippen molar-refractivity contribution in [2.24, 2.45) is 11.7 Å². The largest absolute Gasteiger partial charge is 0.366 e. The average Bonchev–Trinajstić information content (AvgIpc) is 3.22. The Kier molecular flexibility index (Phi) is 4.73. The topological polar surface area (TPSA) is 55.1 Å². The second-order valence-corrected chi connectivity index (χ2v) is 7.56. The lowest BCUT2D eigenvalue weighted by Gasteiger charge is -2.23. The van der Waals surface area contributed by atoms with Crippen molar-refractivity contribution in [1.82, 2.24) is 5.32 Å². The zero-order valence-corrected chi connectivity index (χ0v) is 13.5. The number of amides is 1. The van der Waals surface area contributed by atoms with Crippen molar-refractivity contribution in [3.63, 3.8) is 0 Å². The van der Waals surface area contributed by atoms with Crippen molar-refractivity contribution in [1.29, 1.82) is 0 Å². The Balaban J connectivity index is 1.68. The molecule has 3 rings (SSSR count). The van der Waals surface area contributed by atoms with E-state index in [1.165, 1.54) is 35.4 Å². The van der Waals surface area contributed by atoms with Crippen molar-refractivity contribution in [3.8, 4) is 0 Å². The Morgan fingerprint density at radius 3 is 2.81 bits per heavy atom. The van der Waals surface area contributed by atoms with Crippen LogP contribution in [0.25, 0.3) is 0 Å². The van der Waals surface area contributed by atoms with Gasteiger partial charge in [-0.25, -0.2) is 0 Å². The highest BCUT2D eigenvalue weighted by Crippen LogP contribution is 2.37. The first-order valence-corrected chi connectivity index (χ1v) is 9.14. The second kappa shape index (κ2) is 6.73. The maximum atomic E-state index is 11.2. The molecular weight excluding hydrogens is 300 g/mol. The molecule has 1 amide bonds. The summed E-state index contributed by atoms with van der Waals surface area (Å²) < 4.78 is 0. The van der Waals surface area contributed by atoms with Crippen molar-refractivity contribution < 1.29 is 4.79 Å². The summed E-state index contributed by atoms with van der Waals surface area (Å²) in [6.07, 6.45) is 5.32. The highest BCUT2D eigenvalue weighted by Gasteiger charge is 2.26. The molecule has 21 heavy (non-hydrogen) atoms. The third kappa shape index (κ3) is 3.54. The van der Waals surface area contributed by atoms with Gasteiger partial charge in [0, 0.05) is 27.7 Å². The van der Waals surface area contributed by atoms with Gasteiger partial charge in [0.15, 0.2) is 0 Å². The van der Waals surface area contributed by atoms with Crippen LogP contribution in [0.4, 0.5) is 0 Å². The minimum absolute atomic E-state index is 0.344. The molecule has 0 radical (unpaired) electrons. The number of nitrogens with two attached hydrogens (primary N) is 1. The van der Waals surface area contributed by atoms with Gasteiger partial charge in [-0.05, 0) is 36.3 Å². The lowest BCUT2D eigenvalue weighted by atomic mass is 9.96. The van der Waals surface area contributed by atoms with Crippen molar-refractivity contribution in [2.75, 3.05) is 0 Å². The van der Waals surface area contributed by atoms with Gasteiger partial charge >= 0.3 is 0 Å². The van der Waals surface area contributed by atoms with E-state index in [1.54, 1.807) is 11.3 Å². The minimum Gasteiger partial charge on any atom is -0.366 e. The first-order chi connectivity index (χ1) is 10.2. The number of hydrogen-bond donors (Lipinski definition) is 2. The normalized spacial score (nSPS) is 17.1. The van der Waals surface area contributed by atoms with E-state index in [1.807, 2.05) is 22.8 Å². The fourth-order valence-corrected chi connectivity index (χ4v) is 4.79. The third-order valence-electron chi connectivity index (χ3n) is 4.16. The van der Waals surface area contributed by atoms with Gasteiger partial charge in [0.2, 0.25) is 5.91 Å². The molecule has 2 heterocycles. The summed E-state index contributed by atoms with van der Waals surface area (Å²) in [7, 11) is 0. The molecule has 1 aliphatic carbocycles. The molecule has 2 aromatic rings. The van der Waals surface area contributed by atoms with Crippen LogP contribution in [-0.4, -0.2) is 5.91 Å². The van der Waals surface area contributed by atoms with E-state index in [0.29, 0.717) is 11.6 Å². The van der Waals surface area contributed by atoms with Crippen LogP contribution in [0.2, 0.25) is 0 Å². The van der Waals surface area contributed by atoms with Crippen LogP contribution in [0.15, 0.2) is 29.0 Å². The summed E-state index contributed by atoms with van der Waals surface area (Å²) in [5, 5.41) is 7.69. The van der Waals surface area contributed by atoms with E-state index in [2.05, 4.69) is 22.8 Å². The van der Waals surface area contributed by atoms with Gasteiger partial charge in [-0.1, -0.05) is 18.9 Å². The minimum atomic E-state index is -0.344. The lowest BCUT2D eigenvalue weighted by Crippen LogP contribution is -2.25. The summed E-state index contributed by atoms with van der Waals surface area (Å²) in [5.41, 5.74) is 5.92. The zero-order valence-electron chi connectivity index (χ0n) is 11.9. The van der Waals surface area contributed by atoms with Crippen LogP contribution in [0.3, 0.4) is 0 Å². The van der Waals surface area contributed by atoms with Gasteiger partial charge in [-0.2, -0.15) is 0 Å². The molecule has 3 N–H and O–H groups in total. The smallest absolute Gasteiger partial charge is 0.249 e. The van der Waals surface area contributed by atoms with E-state index in [0.717, 1.165) is 12.5 Å². The Morgan fingerprint density at radius 2 is 2.19 bits per heavy atom. The SMILES string of the molecule is NC(=O)c1csc(CNC(c2cccs2)C2CCCC2)c1. The first kappa shape index (κ1) is 14.8. The molecule has 1 fully saturated rings. The predicted octanol–water partition coefficient (Wildman–Crippen LogP) is 3.93. The number of carbonyl (C=O) groups excluding carboxylic acids is 1. The number of primary amides is 1. The predicted molar refractivity (Wildman–Crippen MR) is 88.7 cm³/mol. The molecule has 3 nitrogen and oxygen atoms in total. The monoisotopic (exact) mass is 320 g/mol. The molecule has 112 valence electrons. The van der Waals surface area contributed by atoms with Crippen molar-refractivity contribution >= 4 is 28.6 Å². The third-order valence-corrected chi connectivity index (χ3v) is 6.05. The molecule has 0 spiro atoms. The van der Waals surface area contributed by atoms with Crippen LogP contribution < -0.4 is 11.1 Å². The van der Waals surface area contributed by atoms with E-state index < -0.39 is 0 Å². The molecule has 0 aliphatic heterocycles. The highest BCUT2D eigenvalue weighted by atomic mass is 32.1. The molecule has 0 aromatic carbocycles. The van der Waals surface area contributed by atoms with Crippen LogP contribution in [0.5, 0.6) is 0 Å². The molecular formula is C16H20N2OS2. The molecule has 0 bridgehead atoms. The second-order valence-electron chi connectivity index (χ2n) is 5.58. The first-order valence-electron chi connectivity index (χ1n) is 7.38. The Bertz CT molecular complexity index is 585. The molecule has 1 saturated carbocycles. The number of rotatable bonds is 6. The van der Waals surface area contributed by atoms with Crippen LogP contribution in [0.1, 0.15) is 51.8 Å². The maximum Gasteiger partial charge on any atom is 0.249 e. The Labute approximate surface area is 133 Å². The molecule has 1 aliphatic rings. The fraction of sp³-hybridized carbons (Fsp3) is 0.438. The van der Waals surface area contributed by atoms with Crippen molar-refractivity contribution in [3.05, 3.63) is 44.3 Å². The van der Waals surface area contributed by atoms with Gasteiger partial charge in [0.1, 0.15) is 0 Å².